The van der Waals surface area contributed by atoms with Crippen molar-refractivity contribution in [3.05, 3.63) is 89.2 Å². The molecule has 0 saturated carbocycles. The Morgan fingerprint density at radius 2 is 1.54 bits per heavy atom. The molecule has 3 rings (SSSR count). The molecule has 1 atom stereocenters. The van der Waals surface area contributed by atoms with E-state index < -0.39 is 47.8 Å². The van der Waals surface area contributed by atoms with Gasteiger partial charge in [-0.05, 0) is 67.6 Å². The molecular weight excluding hydrogens is 467 g/mol. The molecule has 0 aromatic heterocycles. The van der Waals surface area contributed by atoms with E-state index in [9.17, 15) is 27.6 Å². The third kappa shape index (κ3) is 6.59. The third-order valence-electron chi connectivity index (χ3n) is 4.74. The Labute approximate surface area is 198 Å². The Morgan fingerprint density at radius 3 is 2.20 bits per heavy atom. The number of benzene rings is 3. The van der Waals surface area contributed by atoms with Crippen molar-refractivity contribution in [1.29, 1.82) is 0 Å². The predicted octanol–water partition coefficient (Wildman–Crippen LogP) is 4.56. The molecule has 0 aliphatic carbocycles. The zero-order chi connectivity index (χ0) is 25.5. The maximum absolute atomic E-state index is 13.4. The summed E-state index contributed by atoms with van der Waals surface area (Å²) in [7, 11) is 1.32. The highest BCUT2D eigenvalue weighted by molar-refractivity contribution is 6.01. The van der Waals surface area contributed by atoms with Crippen LogP contribution in [0.3, 0.4) is 0 Å². The van der Waals surface area contributed by atoms with Gasteiger partial charge in [-0.25, -0.2) is 18.0 Å². The molecule has 0 heterocycles. The third-order valence-corrected chi connectivity index (χ3v) is 4.74. The summed E-state index contributed by atoms with van der Waals surface area (Å²) in [5.41, 5.74) is 0.261. The molecule has 0 fully saturated rings. The lowest BCUT2D eigenvalue weighted by molar-refractivity contribution is -0.118. The van der Waals surface area contributed by atoms with Crippen LogP contribution in [0.2, 0.25) is 0 Å². The fourth-order valence-electron chi connectivity index (χ4n) is 2.95. The number of esters is 1. The summed E-state index contributed by atoms with van der Waals surface area (Å²) in [5, 5.41) is 2.54. The summed E-state index contributed by atoms with van der Waals surface area (Å²) in [5.74, 6) is -4.55. The number of carbonyl (C=O) groups is 3. The van der Waals surface area contributed by atoms with Crippen molar-refractivity contribution in [3.8, 4) is 11.5 Å². The average Bonchev–Trinajstić information content (AvgIpc) is 2.85. The van der Waals surface area contributed by atoms with Gasteiger partial charge in [-0.1, -0.05) is 0 Å². The topological polar surface area (TPSA) is 90.9 Å². The summed E-state index contributed by atoms with van der Waals surface area (Å²) in [6, 6.07) is 11.8. The standard InChI is InChI=1S/C25H20F3NO6/c1-14(24(31)15-3-9-19(27)20(28)11-15)35-25(32)16-4-10-21(22(12-16)33-2)34-13-23(30)29-18-7-5-17(26)6-8-18/h3-12,14H,13H2,1-2H3,(H,29,30)/t14-/m0/s1. The first kappa shape index (κ1) is 25.3. The molecule has 1 N–H and O–H groups in total. The van der Waals surface area contributed by atoms with Crippen molar-refractivity contribution >= 4 is 23.3 Å². The SMILES string of the molecule is COc1cc(C(=O)O[C@@H](C)C(=O)c2ccc(F)c(F)c2)ccc1OCC(=O)Nc1ccc(F)cc1. The van der Waals surface area contributed by atoms with E-state index in [-0.39, 0.29) is 22.6 Å². The second kappa shape index (κ2) is 11.2. The quantitative estimate of drug-likeness (QED) is 0.352. The first-order chi connectivity index (χ1) is 16.7. The zero-order valence-electron chi connectivity index (χ0n) is 18.6. The van der Waals surface area contributed by atoms with Gasteiger partial charge in [0.15, 0.2) is 35.8 Å². The Kier molecular flexibility index (Phi) is 8.08. The van der Waals surface area contributed by atoms with Gasteiger partial charge >= 0.3 is 5.97 Å². The minimum absolute atomic E-state index is 0.0231. The van der Waals surface area contributed by atoms with E-state index in [1.165, 1.54) is 56.5 Å². The number of methoxy groups -OCH3 is 1. The predicted molar refractivity (Wildman–Crippen MR) is 119 cm³/mol. The van der Waals surface area contributed by atoms with Crippen LogP contribution in [0.4, 0.5) is 18.9 Å². The number of Topliss-reactive ketones (excluding diaryl/α,β-unsaturated/α-hetero) is 1. The molecule has 0 saturated heterocycles. The highest BCUT2D eigenvalue weighted by Crippen LogP contribution is 2.28. The summed E-state index contributed by atoms with van der Waals surface area (Å²) in [6.07, 6.45) is -1.27. The van der Waals surface area contributed by atoms with Gasteiger partial charge in [-0.2, -0.15) is 0 Å². The van der Waals surface area contributed by atoms with Crippen LogP contribution < -0.4 is 14.8 Å². The van der Waals surface area contributed by atoms with Crippen LogP contribution >= 0.6 is 0 Å². The summed E-state index contributed by atoms with van der Waals surface area (Å²) in [6.45, 7) is 0.910. The monoisotopic (exact) mass is 487 g/mol. The van der Waals surface area contributed by atoms with Gasteiger partial charge in [0, 0.05) is 11.3 Å². The maximum Gasteiger partial charge on any atom is 0.338 e. The normalized spacial score (nSPS) is 11.3. The van der Waals surface area contributed by atoms with E-state index in [1.807, 2.05) is 0 Å². The summed E-state index contributed by atoms with van der Waals surface area (Å²) < 4.78 is 55.2. The molecular formula is C25H20F3NO6. The lowest BCUT2D eigenvalue weighted by Crippen LogP contribution is -2.24. The van der Waals surface area contributed by atoms with E-state index in [4.69, 9.17) is 14.2 Å². The summed E-state index contributed by atoms with van der Waals surface area (Å²) >= 11 is 0. The zero-order valence-corrected chi connectivity index (χ0v) is 18.6. The van der Waals surface area contributed by atoms with Gasteiger partial charge in [-0.15, -0.1) is 0 Å². The van der Waals surface area contributed by atoms with Crippen molar-refractivity contribution in [3.63, 3.8) is 0 Å². The first-order valence-electron chi connectivity index (χ1n) is 10.2. The number of amides is 1. The number of hydrogen-bond donors (Lipinski definition) is 1. The molecule has 0 aliphatic rings. The van der Waals surface area contributed by atoms with Crippen molar-refractivity contribution in [2.45, 2.75) is 13.0 Å². The van der Waals surface area contributed by atoms with Crippen LogP contribution in [0.25, 0.3) is 0 Å². The first-order valence-corrected chi connectivity index (χ1v) is 10.2. The number of hydrogen-bond acceptors (Lipinski definition) is 6. The van der Waals surface area contributed by atoms with Gasteiger partial charge in [0.1, 0.15) is 5.82 Å². The van der Waals surface area contributed by atoms with Crippen LogP contribution in [0, 0.1) is 17.5 Å². The minimum atomic E-state index is -1.27. The fraction of sp³-hybridized carbons (Fsp3) is 0.160. The molecule has 1 amide bonds. The molecule has 0 unspecified atom stereocenters. The van der Waals surface area contributed by atoms with E-state index in [1.54, 1.807) is 0 Å². The Bertz CT molecular complexity index is 1250. The van der Waals surface area contributed by atoms with Gasteiger partial charge in [0.2, 0.25) is 5.78 Å². The number of ketones is 1. The number of halogens is 3. The van der Waals surface area contributed by atoms with Crippen molar-refractivity contribution in [1.82, 2.24) is 0 Å². The van der Waals surface area contributed by atoms with Gasteiger partial charge in [0.25, 0.3) is 5.91 Å². The van der Waals surface area contributed by atoms with E-state index in [2.05, 4.69) is 5.32 Å². The van der Waals surface area contributed by atoms with Crippen molar-refractivity contribution in [2.75, 3.05) is 19.0 Å². The Hall–Kier alpha value is -4.34. The number of nitrogens with one attached hydrogen (secondary N) is 1. The molecule has 3 aromatic carbocycles. The Balaban J connectivity index is 1.61. The minimum Gasteiger partial charge on any atom is -0.493 e. The van der Waals surface area contributed by atoms with Crippen LogP contribution in [-0.2, 0) is 9.53 Å². The second-order valence-electron chi connectivity index (χ2n) is 7.25. The average molecular weight is 487 g/mol. The van der Waals surface area contributed by atoms with Crippen molar-refractivity contribution < 1.29 is 41.8 Å². The molecule has 0 aliphatic heterocycles. The molecule has 7 nitrogen and oxygen atoms in total. The van der Waals surface area contributed by atoms with Crippen LogP contribution in [0.5, 0.6) is 11.5 Å². The molecule has 0 bridgehead atoms. The lowest BCUT2D eigenvalue weighted by Gasteiger charge is -2.14. The molecule has 0 spiro atoms. The highest BCUT2D eigenvalue weighted by Gasteiger charge is 2.22. The lowest BCUT2D eigenvalue weighted by atomic mass is 10.1. The smallest absolute Gasteiger partial charge is 0.338 e. The molecule has 10 heteroatoms. The largest absolute Gasteiger partial charge is 0.493 e. The fourth-order valence-corrected chi connectivity index (χ4v) is 2.95. The molecule has 35 heavy (non-hydrogen) atoms. The number of ether oxygens (including phenoxy) is 3. The van der Waals surface area contributed by atoms with E-state index in [0.717, 1.165) is 18.2 Å². The van der Waals surface area contributed by atoms with Crippen molar-refractivity contribution in [2.24, 2.45) is 0 Å². The summed E-state index contributed by atoms with van der Waals surface area (Å²) in [4.78, 5) is 36.9. The Morgan fingerprint density at radius 1 is 0.857 bits per heavy atom. The van der Waals surface area contributed by atoms with Gasteiger partial charge in [0.05, 0.1) is 12.7 Å². The second-order valence-corrected chi connectivity index (χ2v) is 7.25. The van der Waals surface area contributed by atoms with Crippen LogP contribution in [0.15, 0.2) is 60.7 Å². The highest BCUT2D eigenvalue weighted by atomic mass is 19.2. The van der Waals surface area contributed by atoms with Crippen LogP contribution in [-0.4, -0.2) is 37.5 Å². The number of carbonyl (C=O) groups excluding carboxylic acids is 3. The van der Waals surface area contributed by atoms with Gasteiger partial charge in [-0.3, -0.25) is 9.59 Å². The van der Waals surface area contributed by atoms with E-state index >= 15 is 0 Å². The maximum atomic E-state index is 13.4. The van der Waals surface area contributed by atoms with E-state index in [0.29, 0.717) is 5.69 Å². The molecule has 0 radical (unpaired) electrons. The number of rotatable bonds is 9. The molecule has 3 aromatic rings. The molecule has 182 valence electrons. The van der Waals surface area contributed by atoms with Gasteiger partial charge < -0.3 is 19.5 Å². The number of anilines is 1. The van der Waals surface area contributed by atoms with Crippen LogP contribution in [0.1, 0.15) is 27.6 Å².